The number of rotatable bonds is 0. The van der Waals surface area contributed by atoms with Crippen molar-refractivity contribution >= 4 is 17.7 Å². The first-order valence-corrected chi connectivity index (χ1v) is 10.9. The van der Waals surface area contributed by atoms with Gasteiger partial charge in [-0.1, -0.05) is 25.5 Å². The molecule has 6 rings (SSSR count). The lowest BCUT2D eigenvalue weighted by Gasteiger charge is -2.58. The lowest BCUT2D eigenvalue weighted by Crippen LogP contribution is -2.59. The van der Waals surface area contributed by atoms with Gasteiger partial charge >= 0.3 is 11.9 Å². The Morgan fingerprint density at radius 3 is 2.57 bits per heavy atom. The van der Waals surface area contributed by atoms with Gasteiger partial charge in [0.05, 0.1) is 5.92 Å². The second-order valence-corrected chi connectivity index (χ2v) is 10.7. The molecule has 1 unspecified atom stereocenters. The highest BCUT2D eigenvalue weighted by atomic mass is 16.6. The van der Waals surface area contributed by atoms with E-state index in [-0.39, 0.29) is 46.0 Å². The Morgan fingerprint density at radius 1 is 1.00 bits per heavy atom. The number of Topliss-reactive ketones (excluding diaryl/α,β-unsaturated/α-hetero) is 1. The number of carbonyl (C=O) groups is 3. The SMILES string of the molecule is C[C@]12CC=C3[C@@H](C4C[C@]5(CC(=O)CC[C@]35C)OC4=O)[C@@H]1CC[C@@]21CCC(=O)O1. The molecule has 2 spiro atoms. The summed E-state index contributed by atoms with van der Waals surface area (Å²) in [5, 5.41) is 0. The summed E-state index contributed by atoms with van der Waals surface area (Å²) in [6.07, 6.45) is 8.87. The third-order valence-electron chi connectivity index (χ3n) is 9.91. The van der Waals surface area contributed by atoms with Crippen LogP contribution in [0.5, 0.6) is 0 Å². The van der Waals surface area contributed by atoms with E-state index < -0.39 is 5.60 Å². The minimum Gasteiger partial charge on any atom is -0.458 e. The van der Waals surface area contributed by atoms with Crippen LogP contribution in [0.15, 0.2) is 11.6 Å². The predicted octanol–water partition coefficient (Wildman–Crippen LogP) is 3.50. The van der Waals surface area contributed by atoms with Crippen molar-refractivity contribution in [2.75, 3.05) is 0 Å². The van der Waals surface area contributed by atoms with Gasteiger partial charge in [-0.25, -0.2) is 0 Å². The fraction of sp³-hybridized carbons (Fsp3) is 0.783. The first kappa shape index (κ1) is 17.2. The standard InChI is InChI=1S/C23H28O5/c1-20-8-4-15-18(16(20)5-9-22(20)10-6-17(25)27-22)14-12-23(28-19(14)26)11-13(24)3-7-21(15,23)2/h4,14,16,18H,3,5-12H2,1-2H3/t14?,16-,18+,20-,21+,22+,23-/m0/s1. The Bertz CT molecular complexity index is 859. The zero-order chi connectivity index (χ0) is 19.5. The summed E-state index contributed by atoms with van der Waals surface area (Å²) in [6.45, 7) is 4.52. The van der Waals surface area contributed by atoms with E-state index in [9.17, 15) is 14.4 Å². The van der Waals surface area contributed by atoms with Gasteiger partial charge in [-0.15, -0.1) is 0 Å². The molecule has 2 saturated heterocycles. The lowest BCUT2D eigenvalue weighted by molar-refractivity contribution is -0.164. The number of hydrogen-bond acceptors (Lipinski definition) is 5. The topological polar surface area (TPSA) is 69.7 Å². The summed E-state index contributed by atoms with van der Waals surface area (Å²) >= 11 is 0. The number of allylic oxidation sites excluding steroid dienone is 1. The van der Waals surface area contributed by atoms with Crippen LogP contribution in [0, 0.1) is 28.6 Å². The summed E-state index contributed by atoms with van der Waals surface area (Å²) < 4.78 is 12.1. The second-order valence-electron chi connectivity index (χ2n) is 10.7. The van der Waals surface area contributed by atoms with Gasteiger partial charge in [0, 0.05) is 36.5 Å². The van der Waals surface area contributed by atoms with Crippen molar-refractivity contribution in [1.82, 2.24) is 0 Å². The first-order valence-electron chi connectivity index (χ1n) is 10.9. The maximum atomic E-state index is 13.0. The van der Waals surface area contributed by atoms with E-state index in [0.717, 1.165) is 32.1 Å². The zero-order valence-electron chi connectivity index (χ0n) is 16.7. The van der Waals surface area contributed by atoms with E-state index in [2.05, 4.69) is 19.9 Å². The average molecular weight is 384 g/mol. The van der Waals surface area contributed by atoms with Crippen LogP contribution in [0.4, 0.5) is 0 Å². The molecule has 5 fully saturated rings. The molecule has 0 aromatic rings. The fourth-order valence-corrected chi connectivity index (χ4v) is 8.31. The number of ketones is 1. The van der Waals surface area contributed by atoms with Crippen molar-refractivity contribution in [3.8, 4) is 0 Å². The molecule has 2 heterocycles. The molecule has 2 aliphatic heterocycles. The van der Waals surface area contributed by atoms with E-state index in [1.165, 1.54) is 5.57 Å². The summed E-state index contributed by atoms with van der Waals surface area (Å²) in [4.78, 5) is 37.3. The monoisotopic (exact) mass is 384 g/mol. The highest BCUT2D eigenvalue weighted by Crippen LogP contribution is 2.72. The number of ether oxygens (including phenoxy) is 2. The minimum absolute atomic E-state index is 0.0719. The van der Waals surface area contributed by atoms with Gasteiger partial charge in [0.1, 0.15) is 17.0 Å². The average Bonchev–Trinajstić information content (AvgIpc) is 3.26. The molecule has 6 aliphatic rings. The molecule has 2 bridgehead atoms. The molecule has 28 heavy (non-hydrogen) atoms. The predicted molar refractivity (Wildman–Crippen MR) is 99.0 cm³/mol. The third-order valence-corrected chi connectivity index (χ3v) is 9.91. The molecule has 4 aliphatic carbocycles. The van der Waals surface area contributed by atoms with E-state index in [0.29, 0.717) is 31.6 Å². The summed E-state index contributed by atoms with van der Waals surface area (Å²) in [5.74, 6) is 0.394. The van der Waals surface area contributed by atoms with Crippen LogP contribution in [-0.4, -0.2) is 28.9 Å². The molecule has 0 radical (unpaired) electrons. The van der Waals surface area contributed by atoms with Gasteiger partial charge in [0.2, 0.25) is 0 Å². The Labute approximate surface area is 165 Å². The maximum absolute atomic E-state index is 13.0. The van der Waals surface area contributed by atoms with Crippen LogP contribution < -0.4 is 0 Å². The molecule has 0 amide bonds. The third kappa shape index (κ3) is 1.70. The van der Waals surface area contributed by atoms with Gasteiger partial charge in [-0.05, 0) is 43.9 Å². The first-order chi connectivity index (χ1) is 13.2. The fourth-order valence-electron chi connectivity index (χ4n) is 8.31. The van der Waals surface area contributed by atoms with Gasteiger partial charge in [-0.2, -0.15) is 0 Å². The molecule has 3 saturated carbocycles. The Hall–Kier alpha value is -1.65. The van der Waals surface area contributed by atoms with Crippen LogP contribution >= 0.6 is 0 Å². The number of hydrogen-bond donors (Lipinski definition) is 0. The summed E-state index contributed by atoms with van der Waals surface area (Å²) in [7, 11) is 0. The highest BCUT2D eigenvalue weighted by molar-refractivity contribution is 5.85. The van der Waals surface area contributed by atoms with Crippen LogP contribution in [0.3, 0.4) is 0 Å². The largest absolute Gasteiger partial charge is 0.458 e. The van der Waals surface area contributed by atoms with Gasteiger partial charge in [0.25, 0.3) is 0 Å². The van der Waals surface area contributed by atoms with Crippen molar-refractivity contribution < 1.29 is 23.9 Å². The number of carbonyl (C=O) groups excluding carboxylic acids is 3. The lowest BCUT2D eigenvalue weighted by atomic mass is 9.45. The van der Waals surface area contributed by atoms with Gasteiger partial charge < -0.3 is 9.47 Å². The molecular formula is C23H28O5. The molecular weight excluding hydrogens is 356 g/mol. The van der Waals surface area contributed by atoms with Crippen molar-refractivity contribution in [2.24, 2.45) is 28.6 Å². The van der Waals surface area contributed by atoms with Crippen molar-refractivity contribution in [1.29, 1.82) is 0 Å². The van der Waals surface area contributed by atoms with Crippen molar-refractivity contribution in [3.05, 3.63) is 11.6 Å². The normalized spacial score (nSPS) is 54.0. The summed E-state index contributed by atoms with van der Waals surface area (Å²) in [5.41, 5.74) is 0.0216. The molecule has 150 valence electrons. The second kappa shape index (κ2) is 4.91. The van der Waals surface area contributed by atoms with E-state index in [4.69, 9.17) is 9.47 Å². The smallest absolute Gasteiger partial charge is 0.310 e. The Kier molecular flexibility index (Phi) is 3.02. The highest BCUT2D eigenvalue weighted by Gasteiger charge is 2.73. The maximum Gasteiger partial charge on any atom is 0.310 e. The number of esters is 2. The molecule has 5 heteroatoms. The zero-order valence-corrected chi connectivity index (χ0v) is 16.7. The van der Waals surface area contributed by atoms with Crippen molar-refractivity contribution in [3.63, 3.8) is 0 Å². The molecule has 0 aromatic carbocycles. The quantitative estimate of drug-likeness (QED) is 0.472. The van der Waals surface area contributed by atoms with Crippen LogP contribution in [-0.2, 0) is 23.9 Å². The minimum atomic E-state index is -0.629. The Morgan fingerprint density at radius 2 is 1.82 bits per heavy atom. The van der Waals surface area contributed by atoms with Crippen LogP contribution in [0.2, 0.25) is 0 Å². The molecule has 0 N–H and O–H groups in total. The Balaban J connectivity index is 1.48. The summed E-state index contributed by atoms with van der Waals surface area (Å²) in [6, 6.07) is 0. The van der Waals surface area contributed by atoms with E-state index in [1.807, 2.05) is 0 Å². The molecule has 0 aromatic heterocycles. The van der Waals surface area contributed by atoms with Crippen LogP contribution in [0.1, 0.15) is 71.6 Å². The number of fused-ring (bicyclic) bond motifs is 7. The van der Waals surface area contributed by atoms with Crippen molar-refractivity contribution in [2.45, 2.75) is 82.8 Å². The van der Waals surface area contributed by atoms with E-state index >= 15 is 0 Å². The van der Waals surface area contributed by atoms with Crippen LogP contribution in [0.25, 0.3) is 0 Å². The molecule has 7 atom stereocenters. The molecule has 5 nitrogen and oxygen atoms in total. The van der Waals surface area contributed by atoms with E-state index in [1.54, 1.807) is 0 Å². The van der Waals surface area contributed by atoms with Gasteiger partial charge in [0.15, 0.2) is 0 Å². The van der Waals surface area contributed by atoms with Gasteiger partial charge in [-0.3, -0.25) is 14.4 Å².